The van der Waals surface area contributed by atoms with Gasteiger partial charge in [-0.05, 0) is 12.2 Å². The average molecular weight is 201 g/mol. The van der Waals surface area contributed by atoms with Crippen molar-refractivity contribution in [3.8, 4) is 0 Å². The molecule has 0 aliphatic heterocycles. The number of halogens is 1. The molecule has 0 aromatic carbocycles. The van der Waals surface area contributed by atoms with Crippen LogP contribution < -0.4 is 0 Å². The summed E-state index contributed by atoms with van der Waals surface area (Å²) in [5.41, 5.74) is 1.34. The molecule has 2 aromatic heterocycles. The van der Waals surface area contributed by atoms with Gasteiger partial charge in [0.2, 0.25) is 0 Å². The summed E-state index contributed by atoms with van der Waals surface area (Å²) in [5.74, 6) is 0. The molecule has 0 radical (unpaired) electrons. The smallest absolute Gasteiger partial charge is 0.200 e. The monoisotopic (exact) mass is 200 g/mol. The highest BCUT2D eigenvalue weighted by Crippen LogP contribution is 2.16. The minimum Gasteiger partial charge on any atom is -0.330 e. The van der Waals surface area contributed by atoms with Crippen LogP contribution in [0.3, 0.4) is 0 Å². The van der Waals surface area contributed by atoms with Crippen molar-refractivity contribution in [1.29, 1.82) is 0 Å². The van der Waals surface area contributed by atoms with Crippen LogP contribution in [0.25, 0.3) is 11.2 Å². The number of imidazole rings is 1. The summed E-state index contributed by atoms with van der Waals surface area (Å²) in [7, 11) is 1.85. The van der Waals surface area contributed by atoms with Crippen LogP contribution in [0.5, 0.6) is 0 Å². The first-order valence-electron chi connectivity index (χ1n) is 3.25. The fraction of sp³-hybridized carbons (Fsp3) is 0.167. The standard InChI is InChI=1S/C6H5ClN4S/c1-11-2-8-5-3(11)4(7)9-6(12)10-5/h2H,1H3,(H,9,10,12). The number of aromatic nitrogens is 4. The van der Waals surface area contributed by atoms with E-state index in [4.69, 9.17) is 23.8 Å². The van der Waals surface area contributed by atoms with Gasteiger partial charge in [0, 0.05) is 7.05 Å². The molecule has 0 fully saturated rings. The molecular formula is C6H5ClN4S. The van der Waals surface area contributed by atoms with Crippen LogP contribution in [-0.4, -0.2) is 19.5 Å². The zero-order valence-electron chi connectivity index (χ0n) is 6.21. The van der Waals surface area contributed by atoms with E-state index in [9.17, 15) is 0 Å². The molecule has 62 valence electrons. The first kappa shape index (κ1) is 7.70. The van der Waals surface area contributed by atoms with Gasteiger partial charge in [-0.25, -0.2) is 4.98 Å². The quantitative estimate of drug-likeness (QED) is 0.520. The van der Waals surface area contributed by atoms with Crippen LogP contribution in [0.1, 0.15) is 0 Å². The molecule has 2 aromatic rings. The first-order valence-corrected chi connectivity index (χ1v) is 4.04. The molecule has 0 spiro atoms. The summed E-state index contributed by atoms with van der Waals surface area (Å²) in [5, 5.41) is 0.477. The molecule has 6 heteroatoms. The van der Waals surface area contributed by atoms with Gasteiger partial charge in [-0.15, -0.1) is 0 Å². The van der Waals surface area contributed by atoms with Crippen LogP contribution >= 0.6 is 23.8 Å². The van der Waals surface area contributed by atoms with Gasteiger partial charge in [-0.2, -0.15) is 4.98 Å². The molecule has 12 heavy (non-hydrogen) atoms. The normalized spacial score (nSPS) is 10.8. The third-order valence-electron chi connectivity index (χ3n) is 1.55. The van der Waals surface area contributed by atoms with Gasteiger partial charge in [0.15, 0.2) is 10.4 Å². The second-order valence-electron chi connectivity index (χ2n) is 2.38. The third kappa shape index (κ3) is 1.02. The van der Waals surface area contributed by atoms with Crippen molar-refractivity contribution < 1.29 is 0 Å². The highest BCUT2D eigenvalue weighted by Gasteiger charge is 2.05. The number of aryl methyl sites for hydroxylation is 1. The Morgan fingerprint density at radius 1 is 1.67 bits per heavy atom. The molecule has 0 unspecified atom stereocenters. The van der Waals surface area contributed by atoms with Crippen LogP contribution in [0.2, 0.25) is 5.15 Å². The number of H-pyrrole nitrogens is 1. The largest absolute Gasteiger partial charge is 0.330 e. The van der Waals surface area contributed by atoms with E-state index in [0.717, 1.165) is 5.52 Å². The molecule has 2 rings (SSSR count). The van der Waals surface area contributed by atoms with Gasteiger partial charge in [-0.1, -0.05) is 11.6 Å². The van der Waals surface area contributed by atoms with E-state index in [2.05, 4.69) is 15.0 Å². The Hall–Kier alpha value is -0.940. The van der Waals surface area contributed by atoms with E-state index >= 15 is 0 Å². The number of aromatic amines is 1. The lowest BCUT2D eigenvalue weighted by Gasteiger charge is -1.95. The minimum atomic E-state index is 0.353. The Bertz CT molecular complexity index is 486. The van der Waals surface area contributed by atoms with Crippen molar-refractivity contribution in [3.63, 3.8) is 0 Å². The molecule has 2 heterocycles. The summed E-state index contributed by atoms with van der Waals surface area (Å²) < 4.78 is 2.14. The number of fused-ring (bicyclic) bond motifs is 1. The Morgan fingerprint density at radius 3 is 3.17 bits per heavy atom. The number of nitrogens with one attached hydrogen (secondary N) is 1. The number of hydrogen-bond donors (Lipinski definition) is 1. The molecule has 0 amide bonds. The lowest BCUT2D eigenvalue weighted by Crippen LogP contribution is -1.89. The summed E-state index contributed by atoms with van der Waals surface area (Å²) in [6.45, 7) is 0. The van der Waals surface area contributed by atoms with Crippen molar-refractivity contribution in [3.05, 3.63) is 16.3 Å². The second kappa shape index (κ2) is 2.53. The molecule has 1 N–H and O–H groups in total. The highest BCUT2D eigenvalue weighted by molar-refractivity contribution is 7.71. The zero-order valence-corrected chi connectivity index (χ0v) is 7.78. The lowest BCUT2D eigenvalue weighted by atomic mass is 10.5. The van der Waals surface area contributed by atoms with Gasteiger partial charge in [0.1, 0.15) is 10.7 Å². The van der Waals surface area contributed by atoms with Crippen molar-refractivity contribution in [2.45, 2.75) is 0 Å². The van der Waals surface area contributed by atoms with Crippen molar-refractivity contribution >= 4 is 35.0 Å². The fourth-order valence-corrected chi connectivity index (χ4v) is 1.58. The fourth-order valence-electron chi connectivity index (χ4n) is 1.03. The molecule has 0 saturated heterocycles. The van der Waals surface area contributed by atoms with Crippen molar-refractivity contribution in [2.75, 3.05) is 0 Å². The number of rotatable bonds is 0. The second-order valence-corrected chi connectivity index (χ2v) is 3.15. The predicted molar refractivity (Wildman–Crippen MR) is 48.7 cm³/mol. The van der Waals surface area contributed by atoms with Gasteiger partial charge in [0.05, 0.1) is 6.33 Å². The zero-order chi connectivity index (χ0) is 8.72. The molecule has 0 aliphatic rings. The lowest BCUT2D eigenvalue weighted by molar-refractivity contribution is 0.944. The summed E-state index contributed by atoms with van der Waals surface area (Å²) in [4.78, 5) is 10.8. The van der Waals surface area contributed by atoms with E-state index in [1.165, 1.54) is 0 Å². The van der Waals surface area contributed by atoms with E-state index in [-0.39, 0.29) is 0 Å². The Labute approximate surface area is 78.2 Å². The predicted octanol–water partition coefficient (Wildman–Crippen LogP) is 1.68. The van der Waals surface area contributed by atoms with Crippen LogP contribution in [0.4, 0.5) is 0 Å². The van der Waals surface area contributed by atoms with Gasteiger partial charge in [0.25, 0.3) is 0 Å². The minimum absolute atomic E-state index is 0.353. The molecule has 0 aliphatic carbocycles. The van der Waals surface area contributed by atoms with Crippen LogP contribution in [-0.2, 0) is 7.05 Å². The summed E-state index contributed by atoms with van der Waals surface area (Å²) in [6.07, 6.45) is 1.64. The first-order chi connectivity index (χ1) is 5.68. The molecule has 4 nitrogen and oxygen atoms in total. The van der Waals surface area contributed by atoms with E-state index in [1.807, 2.05) is 7.05 Å². The van der Waals surface area contributed by atoms with Gasteiger partial charge >= 0.3 is 0 Å². The number of hydrogen-bond acceptors (Lipinski definition) is 3. The Kier molecular flexibility index (Phi) is 1.62. The molecule has 0 atom stereocenters. The van der Waals surface area contributed by atoms with E-state index < -0.39 is 0 Å². The SMILES string of the molecule is Cn1cnc2nc(=S)[nH]c(Cl)c21. The summed E-state index contributed by atoms with van der Waals surface area (Å²) >= 11 is 10.7. The van der Waals surface area contributed by atoms with Crippen molar-refractivity contribution in [1.82, 2.24) is 19.5 Å². The maximum absolute atomic E-state index is 5.89. The Morgan fingerprint density at radius 2 is 2.42 bits per heavy atom. The maximum Gasteiger partial charge on any atom is 0.200 e. The maximum atomic E-state index is 5.89. The van der Waals surface area contributed by atoms with E-state index in [1.54, 1.807) is 10.9 Å². The third-order valence-corrected chi connectivity index (χ3v) is 2.02. The molecular weight excluding hydrogens is 196 g/mol. The van der Waals surface area contributed by atoms with Crippen LogP contribution in [0.15, 0.2) is 6.33 Å². The number of nitrogens with zero attached hydrogens (tertiary/aromatic N) is 3. The summed E-state index contributed by atoms with van der Waals surface area (Å²) in [6, 6.07) is 0. The van der Waals surface area contributed by atoms with E-state index in [0.29, 0.717) is 15.6 Å². The Balaban J connectivity index is 3.02. The molecule has 0 saturated carbocycles. The topological polar surface area (TPSA) is 46.5 Å². The van der Waals surface area contributed by atoms with Crippen molar-refractivity contribution in [2.24, 2.45) is 7.05 Å². The highest BCUT2D eigenvalue weighted by atomic mass is 35.5. The van der Waals surface area contributed by atoms with Crippen LogP contribution in [0, 0.1) is 4.77 Å². The van der Waals surface area contributed by atoms with Gasteiger partial charge < -0.3 is 9.55 Å². The average Bonchev–Trinajstić information content (AvgIpc) is 2.31. The van der Waals surface area contributed by atoms with Gasteiger partial charge in [-0.3, -0.25) is 0 Å². The molecule has 0 bridgehead atoms.